The Morgan fingerprint density at radius 1 is 0.887 bits per heavy atom. The molecule has 0 radical (unpaired) electrons. The Morgan fingerprint density at radius 3 is 2.34 bits per heavy atom. The van der Waals surface area contributed by atoms with Crippen LogP contribution in [0.25, 0.3) is 33.3 Å². The number of alkyl halides is 2. The number of para-hydroxylation sites is 1. The molecule has 1 atom stereocenters. The summed E-state index contributed by atoms with van der Waals surface area (Å²) < 4.78 is 48.0. The Morgan fingerprint density at radius 2 is 1.62 bits per heavy atom. The highest BCUT2D eigenvalue weighted by atomic mass is 19.3. The smallest absolute Gasteiger partial charge is 0.329 e. The van der Waals surface area contributed by atoms with Gasteiger partial charge in [-0.2, -0.15) is 8.78 Å². The number of aromatic nitrogens is 3. The van der Waals surface area contributed by atoms with E-state index in [1.165, 1.54) is 15.2 Å². The van der Waals surface area contributed by atoms with Gasteiger partial charge in [0, 0.05) is 62.1 Å². The summed E-state index contributed by atoms with van der Waals surface area (Å²) in [5, 5.41) is 2.33. The number of methoxy groups -OCH3 is 2. The van der Waals surface area contributed by atoms with Crippen molar-refractivity contribution in [3.63, 3.8) is 0 Å². The molecule has 1 fully saturated rings. The number of aryl methyl sites for hydroxylation is 2. The van der Waals surface area contributed by atoms with E-state index in [2.05, 4.69) is 5.32 Å². The topological polar surface area (TPSA) is 117 Å². The third-order valence-corrected chi connectivity index (χ3v) is 11.0. The minimum Gasteiger partial charge on any atom is -0.496 e. The molecule has 0 saturated carbocycles. The number of carbonyl (C=O) groups excluding carboxylic acids is 2. The molecule has 1 N–H and O–H groups in total. The van der Waals surface area contributed by atoms with Crippen LogP contribution in [0.2, 0.25) is 0 Å². The van der Waals surface area contributed by atoms with Crippen molar-refractivity contribution >= 4 is 22.8 Å². The average molecular weight is 724 g/mol. The molecule has 8 rings (SSSR count). The van der Waals surface area contributed by atoms with E-state index >= 15 is 8.78 Å². The predicted octanol–water partition coefficient (Wildman–Crippen LogP) is 4.96. The minimum absolute atomic E-state index is 0.0117. The van der Waals surface area contributed by atoms with Gasteiger partial charge < -0.3 is 14.0 Å². The highest BCUT2D eigenvalue weighted by Gasteiger charge is 2.41. The lowest BCUT2D eigenvalue weighted by Gasteiger charge is -2.35. The Hall–Kier alpha value is -5.56. The van der Waals surface area contributed by atoms with Crippen molar-refractivity contribution in [1.82, 2.24) is 23.9 Å². The highest BCUT2D eigenvalue weighted by Crippen LogP contribution is 2.43. The van der Waals surface area contributed by atoms with Crippen LogP contribution < -0.4 is 26.0 Å². The average Bonchev–Trinajstić information content (AvgIpc) is 3.72. The second-order valence-electron chi connectivity index (χ2n) is 14.2. The van der Waals surface area contributed by atoms with Gasteiger partial charge in [-0.1, -0.05) is 24.3 Å². The number of nitrogens with zero attached hydrogens (tertiary/aromatic N) is 4. The van der Waals surface area contributed by atoms with Crippen LogP contribution in [0.15, 0.2) is 64.3 Å². The summed E-state index contributed by atoms with van der Waals surface area (Å²) in [6.45, 7) is -0.177. The van der Waals surface area contributed by atoms with Crippen molar-refractivity contribution in [2.75, 3.05) is 20.8 Å². The monoisotopic (exact) mass is 723 g/mol. The van der Waals surface area contributed by atoms with Crippen molar-refractivity contribution < 1.29 is 27.8 Å². The fraction of sp³-hybridized carbons (Fsp3) is 0.350. The number of nitrogens with one attached hydrogen (secondary N) is 1. The summed E-state index contributed by atoms with van der Waals surface area (Å²) in [6.07, 6.45) is 4.59. The van der Waals surface area contributed by atoms with Gasteiger partial charge in [0.1, 0.15) is 17.5 Å². The SMILES string of the molecule is COc1cc(-c2cn(C)c(=O)c3c2CCC3)cc(OC)c1CN1Cc2cc(-c3cccc4c3n(C)c(=O)n4C3CCC(=O)NC3=O)ccc2C(F)(F)C1. The van der Waals surface area contributed by atoms with Crippen LogP contribution in [0, 0.1) is 0 Å². The number of imidazole rings is 1. The molecule has 3 aliphatic rings. The summed E-state index contributed by atoms with van der Waals surface area (Å²) in [7, 11) is 6.44. The summed E-state index contributed by atoms with van der Waals surface area (Å²) in [5.74, 6) is -3.07. The zero-order valence-corrected chi connectivity index (χ0v) is 29.9. The van der Waals surface area contributed by atoms with Gasteiger partial charge in [0.15, 0.2) is 0 Å². The second-order valence-corrected chi connectivity index (χ2v) is 14.2. The van der Waals surface area contributed by atoms with Gasteiger partial charge in [0.2, 0.25) is 11.8 Å². The molecule has 13 heteroatoms. The van der Waals surface area contributed by atoms with Crippen LogP contribution >= 0.6 is 0 Å². The first kappa shape index (κ1) is 34.5. The number of imide groups is 1. The molecule has 53 heavy (non-hydrogen) atoms. The molecule has 1 aliphatic carbocycles. The third-order valence-electron chi connectivity index (χ3n) is 11.0. The Balaban J connectivity index is 1.15. The van der Waals surface area contributed by atoms with E-state index in [1.807, 2.05) is 24.4 Å². The van der Waals surface area contributed by atoms with Gasteiger partial charge in [-0.3, -0.25) is 33.7 Å². The second kappa shape index (κ2) is 12.8. The number of carbonyl (C=O) groups is 2. The molecule has 5 aromatic rings. The molecule has 0 bridgehead atoms. The van der Waals surface area contributed by atoms with Gasteiger partial charge >= 0.3 is 5.69 Å². The van der Waals surface area contributed by atoms with E-state index in [1.54, 1.807) is 62.0 Å². The fourth-order valence-electron chi connectivity index (χ4n) is 8.51. The Labute approximate surface area is 303 Å². The maximum Gasteiger partial charge on any atom is 0.329 e. The van der Waals surface area contributed by atoms with Crippen LogP contribution in [0.1, 0.15) is 53.1 Å². The Kier molecular flexibility index (Phi) is 8.36. The van der Waals surface area contributed by atoms with E-state index in [9.17, 15) is 19.2 Å². The lowest BCUT2D eigenvalue weighted by Crippen LogP contribution is -2.44. The number of halogens is 2. The Bertz CT molecular complexity index is 2460. The molecule has 11 nitrogen and oxygen atoms in total. The number of amides is 2. The number of ether oxygens (including phenoxy) is 2. The fourth-order valence-corrected chi connectivity index (χ4v) is 8.51. The maximum absolute atomic E-state index is 15.9. The van der Waals surface area contributed by atoms with Crippen molar-refractivity contribution in [2.45, 2.75) is 57.2 Å². The standard InChI is InChI=1S/C40H39F2N5O6/c1-44-19-28(26-8-5-9-27(26)38(44)50)23-16-33(52-3)29(34(17-23)53-4)20-46-18-24-15-22(11-12-30(24)40(41,42)21-46)25-7-6-10-31-36(25)45(2)39(51)47(31)32-13-14-35(48)43-37(32)49/h6-7,10-12,15-17,19,32H,5,8-9,13-14,18,20-21H2,1-4H3,(H,43,48,49). The quantitative estimate of drug-likeness (QED) is 0.236. The summed E-state index contributed by atoms with van der Waals surface area (Å²) in [5.41, 5.74) is 6.58. The zero-order valence-electron chi connectivity index (χ0n) is 29.9. The summed E-state index contributed by atoms with van der Waals surface area (Å²) in [6, 6.07) is 13.1. The lowest BCUT2D eigenvalue weighted by atomic mass is 9.91. The third kappa shape index (κ3) is 5.65. The predicted molar refractivity (Wildman–Crippen MR) is 194 cm³/mol. The van der Waals surface area contributed by atoms with Crippen LogP contribution in [0.4, 0.5) is 8.78 Å². The molecule has 1 unspecified atom stereocenters. The van der Waals surface area contributed by atoms with E-state index in [-0.39, 0.29) is 43.0 Å². The number of fused-ring (bicyclic) bond motifs is 3. The first-order valence-corrected chi connectivity index (χ1v) is 17.6. The molecule has 4 heterocycles. The van der Waals surface area contributed by atoms with Crippen LogP contribution in [-0.4, -0.2) is 51.2 Å². The van der Waals surface area contributed by atoms with Gasteiger partial charge in [-0.25, -0.2) is 4.79 Å². The van der Waals surface area contributed by atoms with Gasteiger partial charge in [0.25, 0.3) is 11.5 Å². The number of hydrogen-bond donors (Lipinski definition) is 1. The van der Waals surface area contributed by atoms with Gasteiger partial charge in [0.05, 0.1) is 37.4 Å². The highest BCUT2D eigenvalue weighted by molar-refractivity contribution is 6.01. The summed E-state index contributed by atoms with van der Waals surface area (Å²) in [4.78, 5) is 52.6. The summed E-state index contributed by atoms with van der Waals surface area (Å²) >= 11 is 0. The zero-order chi connectivity index (χ0) is 37.3. The molecular formula is C40H39F2N5O6. The lowest BCUT2D eigenvalue weighted by molar-refractivity contribution is -0.135. The van der Waals surface area contributed by atoms with Crippen LogP contribution in [0.5, 0.6) is 11.5 Å². The molecule has 274 valence electrons. The maximum atomic E-state index is 15.9. The molecule has 2 aromatic heterocycles. The number of pyridine rings is 1. The van der Waals surface area contributed by atoms with Gasteiger partial charge in [-0.15, -0.1) is 0 Å². The van der Waals surface area contributed by atoms with Gasteiger partial charge in [-0.05, 0) is 72.2 Å². The minimum atomic E-state index is -3.16. The van der Waals surface area contributed by atoms with Crippen molar-refractivity contribution in [3.05, 3.63) is 103 Å². The van der Waals surface area contributed by atoms with Crippen LogP contribution in [0.3, 0.4) is 0 Å². The number of piperidine rings is 1. The van der Waals surface area contributed by atoms with Crippen molar-refractivity contribution in [2.24, 2.45) is 14.1 Å². The van der Waals surface area contributed by atoms with Crippen LogP contribution in [-0.2, 0) is 55.5 Å². The molecule has 3 aromatic carbocycles. The van der Waals surface area contributed by atoms with E-state index in [0.29, 0.717) is 44.8 Å². The number of benzene rings is 3. The molecular weight excluding hydrogens is 684 g/mol. The van der Waals surface area contributed by atoms with E-state index in [0.717, 1.165) is 41.5 Å². The first-order valence-electron chi connectivity index (χ1n) is 17.6. The molecule has 0 spiro atoms. The normalized spacial score (nSPS) is 18.2. The van der Waals surface area contributed by atoms with E-state index < -0.39 is 30.1 Å². The molecule has 2 amide bonds. The largest absolute Gasteiger partial charge is 0.496 e. The van der Waals surface area contributed by atoms with Crippen molar-refractivity contribution in [1.29, 1.82) is 0 Å². The molecule has 1 saturated heterocycles. The number of hydrogen-bond acceptors (Lipinski definition) is 7. The number of rotatable bonds is 7. The first-order chi connectivity index (χ1) is 25.4. The van der Waals surface area contributed by atoms with Crippen molar-refractivity contribution in [3.8, 4) is 33.8 Å². The molecule has 2 aliphatic heterocycles. The van der Waals surface area contributed by atoms with E-state index in [4.69, 9.17) is 9.47 Å².